The van der Waals surface area contributed by atoms with Crippen LogP contribution in [0.4, 0.5) is 13.2 Å². The van der Waals surface area contributed by atoms with Crippen molar-refractivity contribution in [1.82, 2.24) is 10.6 Å². The first-order chi connectivity index (χ1) is 10.4. The lowest BCUT2D eigenvalue weighted by Crippen LogP contribution is -2.39. The minimum Gasteiger partial charge on any atom is -0.405 e. The molecule has 2 N–H and O–H groups in total. The molecule has 0 saturated heterocycles. The predicted molar refractivity (Wildman–Crippen MR) is 94.1 cm³/mol. The Morgan fingerprint density at radius 3 is 2.57 bits per heavy atom. The Morgan fingerprint density at radius 1 is 1.35 bits per heavy atom. The van der Waals surface area contributed by atoms with Gasteiger partial charge in [-0.15, -0.1) is 37.1 Å². The average Bonchev–Trinajstić information content (AvgIpc) is 3.11. The van der Waals surface area contributed by atoms with Crippen molar-refractivity contribution in [2.24, 2.45) is 10.9 Å². The molecule has 1 aromatic rings. The summed E-state index contributed by atoms with van der Waals surface area (Å²) < 4.78 is 41.2. The van der Waals surface area contributed by atoms with E-state index < -0.39 is 6.36 Å². The van der Waals surface area contributed by atoms with E-state index in [9.17, 15) is 13.2 Å². The molecule has 0 amide bonds. The van der Waals surface area contributed by atoms with Crippen LogP contribution in [0.1, 0.15) is 25.8 Å². The number of benzene rings is 1. The monoisotopic (exact) mass is 443 g/mol. The molecule has 130 valence electrons. The quantitative estimate of drug-likeness (QED) is 0.415. The summed E-state index contributed by atoms with van der Waals surface area (Å²) in [6.07, 6.45) is -3.62. The van der Waals surface area contributed by atoms with Crippen molar-refractivity contribution in [2.75, 3.05) is 6.54 Å². The van der Waals surface area contributed by atoms with E-state index in [1.807, 2.05) is 6.92 Å². The van der Waals surface area contributed by atoms with Crippen LogP contribution in [0.25, 0.3) is 0 Å². The highest BCUT2D eigenvalue weighted by atomic mass is 127. The number of nitrogens with zero attached hydrogens (tertiary/aromatic N) is 1. The Balaban J connectivity index is 0.00000264. The number of ether oxygens (including phenoxy) is 1. The molecule has 23 heavy (non-hydrogen) atoms. The summed E-state index contributed by atoms with van der Waals surface area (Å²) in [4.78, 5) is 4.34. The standard InChI is InChI=1S/C15H20F3N3O.HI/c1-3-19-14(21-12-8-10(12)2)20-9-11-6-4-5-7-13(11)22-15(16,17)18;/h4-7,10,12H,3,8-9H2,1-2H3,(H2,19,20,21);1H. The summed E-state index contributed by atoms with van der Waals surface area (Å²) in [5, 5.41) is 6.34. The topological polar surface area (TPSA) is 45.7 Å². The number of hydrogen-bond donors (Lipinski definition) is 2. The molecule has 8 heteroatoms. The molecule has 0 spiro atoms. The second-order valence-corrected chi connectivity index (χ2v) is 5.31. The molecule has 1 saturated carbocycles. The average molecular weight is 443 g/mol. The Labute approximate surface area is 150 Å². The minimum absolute atomic E-state index is 0. The number of halogens is 4. The summed E-state index contributed by atoms with van der Waals surface area (Å²) in [6, 6.07) is 6.43. The summed E-state index contributed by atoms with van der Waals surface area (Å²) in [7, 11) is 0. The lowest BCUT2D eigenvalue weighted by Gasteiger charge is -2.13. The molecule has 0 aliphatic heterocycles. The second kappa shape index (κ2) is 8.60. The zero-order valence-electron chi connectivity index (χ0n) is 13.0. The molecule has 1 aromatic carbocycles. The van der Waals surface area contributed by atoms with Crippen LogP contribution >= 0.6 is 24.0 Å². The van der Waals surface area contributed by atoms with Gasteiger partial charge >= 0.3 is 6.36 Å². The van der Waals surface area contributed by atoms with E-state index in [0.29, 0.717) is 30.0 Å². The van der Waals surface area contributed by atoms with Crippen molar-refractivity contribution in [3.8, 4) is 5.75 Å². The highest BCUT2D eigenvalue weighted by molar-refractivity contribution is 14.0. The molecule has 4 nitrogen and oxygen atoms in total. The van der Waals surface area contributed by atoms with Gasteiger partial charge < -0.3 is 15.4 Å². The van der Waals surface area contributed by atoms with Crippen molar-refractivity contribution >= 4 is 29.9 Å². The molecule has 2 rings (SSSR count). The van der Waals surface area contributed by atoms with Crippen LogP contribution in [0.3, 0.4) is 0 Å². The van der Waals surface area contributed by atoms with Crippen LogP contribution in [-0.4, -0.2) is 24.9 Å². The smallest absolute Gasteiger partial charge is 0.405 e. The molecule has 0 aromatic heterocycles. The van der Waals surface area contributed by atoms with Gasteiger partial charge in [-0.3, -0.25) is 0 Å². The Kier molecular flexibility index (Phi) is 7.43. The third kappa shape index (κ3) is 6.84. The van der Waals surface area contributed by atoms with Gasteiger partial charge in [0.05, 0.1) is 6.54 Å². The van der Waals surface area contributed by atoms with E-state index in [4.69, 9.17) is 0 Å². The number of para-hydroxylation sites is 1. The van der Waals surface area contributed by atoms with E-state index in [1.165, 1.54) is 12.1 Å². The zero-order chi connectivity index (χ0) is 16.2. The molecule has 1 aliphatic rings. The van der Waals surface area contributed by atoms with E-state index in [0.717, 1.165) is 6.42 Å². The Bertz CT molecular complexity index is 537. The highest BCUT2D eigenvalue weighted by Crippen LogP contribution is 2.29. The SMILES string of the molecule is CCNC(=NCc1ccccc1OC(F)(F)F)NC1CC1C.I. The lowest BCUT2D eigenvalue weighted by atomic mass is 10.2. The molecular weight excluding hydrogens is 422 g/mol. The van der Waals surface area contributed by atoms with Gasteiger partial charge in [0.15, 0.2) is 5.96 Å². The van der Waals surface area contributed by atoms with Gasteiger partial charge in [-0.05, 0) is 25.3 Å². The molecule has 0 radical (unpaired) electrons. The van der Waals surface area contributed by atoms with Crippen LogP contribution in [0.2, 0.25) is 0 Å². The molecule has 1 aliphatic carbocycles. The second-order valence-electron chi connectivity index (χ2n) is 5.31. The first-order valence-corrected chi connectivity index (χ1v) is 7.27. The number of nitrogens with one attached hydrogen (secondary N) is 2. The number of aliphatic imine (C=N–C) groups is 1. The third-order valence-electron chi connectivity index (χ3n) is 3.38. The van der Waals surface area contributed by atoms with Gasteiger partial charge in [-0.2, -0.15) is 0 Å². The fourth-order valence-electron chi connectivity index (χ4n) is 2.04. The summed E-state index contributed by atoms with van der Waals surface area (Å²) in [6.45, 7) is 4.87. The van der Waals surface area contributed by atoms with Crippen LogP contribution < -0.4 is 15.4 Å². The normalized spacial score (nSPS) is 20.5. The lowest BCUT2D eigenvalue weighted by molar-refractivity contribution is -0.274. The van der Waals surface area contributed by atoms with Gasteiger partial charge in [-0.1, -0.05) is 25.1 Å². The van der Waals surface area contributed by atoms with Crippen LogP contribution in [-0.2, 0) is 6.54 Å². The number of guanidine groups is 1. The largest absolute Gasteiger partial charge is 0.573 e. The summed E-state index contributed by atoms with van der Waals surface area (Å²) in [5.41, 5.74) is 0.390. The fourth-order valence-corrected chi connectivity index (χ4v) is 2.04. The Morgan fingerprint density at radius 2 is 2.00 bits per heavy atom. The zero-order valence-corrected chi connectivity index (χ0v) is 15.3. The molecule has 2 unspecified atom stereocenters. The molecule has 1 fully saturated rings. The molecule has 0 heterocycles. The molecular formula is C15H21F3IN3O. The number of rotatable bonds is 5. The van der Waals surface area contributed by atoms with Crippen LogP contribution in [0, 0.1) is 5.92 Å². The van der Waals surface area contributed by atoms with Gasteiger partial charge in [0, 0.05) is 18.2 Å². The maximum absolute atomic E-state index is 12.4. The third-order valence-corrected chi connectivity index (χ3v) is 3.38. The van der Waals surface area contributed by atoms with E-state index >= 15 is 0 Å². The van der Waals surface area contributed by atoms with E-state index in [-0.39, 0.29) is 36.3 Å². The van der Waals surface area contributed by atoms with Gasteiger partial charge in [0.2, 0.25) is 0 Å². The van der Waals surface area contributed by atoms with E-state index in [2.05, 4.69) is 27.3 Å². The van der Waals surface area contributed by atoms with Crippen LogP contribution in [0.5, 0.6) is 5.75 Å². The molecule has 0 bridgehead atoms. The number of hydrogen-bond acceptors (Lipinski definition) is 2. The van der Waals surface area contributed by atoms with Crippen molar-refractivity contribution in [1.29, 1.82) is 0 Å². The first kappa shape index (κ1) is 19.9. The minimum atomic E-state index is -4.70. The Hall–Kier alpha value is -1.19. The summed E-state index contributed by atoms with van der Waals surface area (Å²) in [5.74, 6) is 0.998. The van der Waals surface area contributed by atoms with Gasteiger partial charge in [0.25, 0.3) is 0 Å². The van der Waals surface area contributed by atoms with Crippen molar-refractivity contribution in [3.63, 3.8) is 0 Å². The van der Waals surface area contributed by atoms with Gasteiger partial charge in [-0.25, -0.2) is 4.99 Å². The van der Waals surface area contributed by atoms with Crippen molar-refractivity contribution in [3.05, 3.63) is 29.8 Å². The van der Waals surface area contributed by atoms with Crippen LogP contribution in [0.15, 0.2) is 29.3 Å². The summed E-state index contributed by atoms with van der Waals surface area (Å²) >= 11 is 0. The molecule has 2 atom stereocenters. The van der Waals surface area contributed by atoms with Crippen molar-refractivity contribution < 1.29 is 17.9 Å². The maximum atomic E-state index is 12.4. The van der Waals surface area contributed by atoms with Crippen molar-refractivity contribution in [2.45, 2.75) is 39.2 Å². The highest BCUT2D eigenvalue weighted by Gasteiger charge is 2.33. The fraction of sp³-hybridized carbons (Fsp3) is 0.533. The maximum Gasteiger partial charge on any atom is 0.573 e. The van der Waals surface area contributed by atoms with Gasteiger partial charge in [0.1, 0.15) is 5.75 Å². The first-order valence-electron chi connectivity index (χ1n) is 7.27. The predicted octanol–water partition coefficient (Wildman–Crippen LogP) is 3.67. The number of alkyl halides is 3. The van der Waals surface area contributed by atoms with E-state index in [1.54, 1.807) is 12.1 Å².